The van der Waals surface area contributed by atoms with E-state index in [1.165, 1.54) is 25.9 Å². The molecule has 0 aromatic rings. The molecular formula is C9H18N2O. The van der Waals surface area contributed by atoms with Crippen molar-refractivity contribution in [1.29, 1.82) is 0 Å². The Balaban J connectivity index is 1.84. The maximum Gasteiger partial charge on any atom is 0.0628 e. The predicted octanol–water partition coefficient (Wildman–Crippen LogP) is 0.0559. The van der Waals surface area contributed by atoms with Gasteiger partial charge in [0.2, 0.25) is 0 Å². The number of likely N-dealkylation sites (tertiary alicyclic amines) is 1. The Morgan fingerprint density at radius 1 is 1.42 bits per heavy atom. The summed E-state index contributed by atoms with van der Waals surface area (Å²) in [6.07, 6.45) is 3.04. The number of nitrogens with zero attached hydrogens (tertiary/aromatic N) is 1. The van der Waals surface area contributed by atoms with E-state index in [0.29, 0.717) is 6.10 Å². The number of rotatable bonds is 2. The summed E-state index contributed by atoms with van der Waals surface area (Å²) in [4.78, 5) is 2.47. The molecule has 2 aliphatic heterocycles. The fraction of sp³-hybridized carbons (Fsp3) is 1.00. The second-order valence-electron chi connectivity index (χ2n) is 3.84. The molecule has 0 aliphatic carbocycles. The van der Waals surface area contributed by atoms with Crippen LogP contribution in [0, 0.1) is 5.92 Å². The summed E-state index contributed by atoms with van der Waals surface area (Å²) in [7, 11) is 0. The molecule has 12 heavy (non-hydrogen) atoms. The highest BCUT2D eigenvalue weighted by Crippen LogP contribution is 2.28. The summed E-state index contributed by atoms with van der Waals surface area (Å²) in [5, 5.41) is 0. The van der Waals surface area contributed by atoms with Gasteiger partial charge in [-0.15, -0.1) is 0 Å². The molecule has 0 radical (unpaired) electrons. The summed E-state index contributed by atoms with van der Waals surface area (Å²) in [6, 6.07) is 0. The van der Waals surface area contributed by atoms with Crippen molar-refractivity contribution in [1.82, 2.24) is 4.90 Å². The van der Waals surface area contributed by atoms with Crippen molar-refractivity contribution in [3.63, 3.8) is 0 Å². The van der Waals surface area contributed by atoms with E-state index in [2.05, 4.69) is 4.90 Å². The Morgan fingerprint density at radius 2 is 2.33 bits per heavy atom. The van der Waals surface area contributed by atoms with Gasteiger partial charge in [0.25, 0.3) is 0 Å². The summed E-state index contributed by atoms with van der Waals surface area (Å²) in [5.74, 6) is 0.797. The van der Waals surface area contributed by atoms with Crippen LogP contribution in [0.3, 0.4) is 0 Å². The fourth-order valence-corrected chi connectivity index (χ4v) is 2.34. The van der Waals surface area contributed by atoms with E-state index in [0.717, 1.165) is 25.6 Å². The Morgan fingerprint density at radius 3 is 3.17 bits per heavy atom. The molecule has 2 rings (SSSR count). The molecule has 3 heteroatoms. The van der Waals surface area contributed by atoms with Gasteiger partial charge in [0.1, 0.15) is 0 Å². The second kappa shape index (κ2) is 3.73. The molecule has 0 bridgehead atoms. The van der Waals surface area contributed by atoms with Gasteiger partial charge in [-0.1, -0.05) is 0 Å². The summed E-state index contributed by atoms with van der Waals surface area (Å²) in [6.45, 7) is 5.22. The molecule has 2 fully saturated rings. The van der Waals surface area contributed by atoms with Gasteiger partial charge < -0.3 is 15.4 Å². The summed E-state index contributed by atoms with van der Waals surface area (Å²) < 4.78 is 5.63. The first-order valence-corrected chi connectivity index (χ1v) is 4.94. The Kier molecular flexibility index (Phi) is 2.63. The molecule has 2 atom stereocenters. The van der Waals surface area contributed by atoms with Gasteiger partial charge in [-0.3, -0.25) is 0 Å². The number of hydrogen-bond donors (Lipinski definition) is 1. The maximum absolute atomic E-state index is 5.63. The zero-order valence-electron chi connectivity index (χ0n) is 7.54. The molecule has 2 N–H and O–H groups in total. The lowest BCUT2D eigenvalue weighted by atomic mass is 9.94. The smallest absolute Gasteiger partial charge is 0.0628 e. The SMILES string of the molecule is NCCN1CC[C@@H]2OCC[C@@H]2C1. The number of fused-ring (bicyclic) bond motifs is 1. The Bertz CT molecular complexity index is 151. The van der Waals surface area contributed by atoms with Gasteiger partial charge in [0.05, 0.1) is 6.10 Å². The van der Waals surface area contributed by atoms with Gasteiger partial charge in [0.15, 0.2) is 0 Å². The fourth-order valence-electron chi connectivity index (χ4n) is 2.34. The quantitative estimate of drug-likeness (QED) is 0.636. The van der Waals surface area contributed by atoms with Gasteiger partial charge in [-0.05, 0) is 12.8 Å². The van der Waals surface area contributed by atoms with Crippen molar-refractivity contribution in [2.24, 2.45) is 11.7 Å². The molecule has 70 valence electrons. The minimum Gasteiger partial charge on any atom is -0.378 e. The molecule has 2 aliphatic rings. The Labute approximate surface area is 73.9 Å². The van der Waals surface area contributed by atoms with Crippen LogP contribution in [0.5, 0.6) is 0 Å². The summed E-state index contributed by atoms with van der Waals surface area (Å²) >= 11 is 0. The maximum atomic E-state index is 5.63. The van der Waals surface area contributed by atoms with Crippen LogP contribution in [0.2, 0.25) is 0 Å². The lowest BCUT2D eigenvalue weighted by Crippen LogP contribution is -2.43. The standard InChI is InChI=1S/C9H18N2O/c10-3-5-11-4-1-9-8(7-11)2-6-12-9/h8-9H,1-7,10H2/t8-,9+/m1/s1. The highest BCUT2D eigenvalue weighted by atomic mass is 16.5. The van der Waals surface area contributed by atoms with Crippen LogP contribution < -0.4 is 5.73 Å². The van der Waals surface area contributed by atoms with Crippen LogP contribution >= 0.6 is 0 Å². The normalized spacial score (nSPS) is 36.8. The van der Waals surface area contributed by atoms with Gasteiger partial charge >= 0.3 is 0 Å². The van der Waals surface area contributed by atoms with Crippen molar-refractivity contribution in [2.45, 2.75) is 18.9 Å². The van der Waals surface area contributed by atoms with Crippen LogP contribution in [-0.4, -0.2) is 43.8 Å². The molecule has 0 aromatic heterocycles. The van der Waals surface area contributed by atoms with E-state index < -0.39 is 0 Å². The van der Waals surface area contributed by atoms with Crippen molar-refractivity contribution in [2.75, 3.05) is 32.8 Å². The molecular weight excluding hydrogens is 152 g/mol. The number of hydrogen-bond acceptors (Lipinski definition) is 3. The first kappa shape index (κ1) is 8.48. The van der Waals surface area contributed by atoms with Crippen molar-refractivity contribution in [3.05, 3.63) is 0 Å². The minimum absolute atomic E-state index is 0.569. The molecule has 0 spiro atoms. The molecule has 2 saturated heterocycles. The molecule has 0 amide bonds. The van der Waals surface area contributed by atoms with Crippen LogP contribution in [-0.2, 0) is 4.74 Å². The first-order chi connectivity index (χ1) is 5.90. The molecule has 3 nitrogen and oxygen atoms in total. The van der Waals surface area contributed by atoms with Crippen LogP contribution in [0.4, 0.5) is 0 Å². The molecule has 2 heterocycles. The molecule has 0 saturated carbocycles. The zero-order chi connectivity index (χ0) is 8.39. The average Bonchev–Trinajstić information content (AvgIpc) is 2.51. The highest BCUT2D eigenvalue weighted by Gasteiger charge is 2.33. The van der Waals surface area contributed by atoms with Crippen molar-refractivity contribution >= 4 is 0 Å². The third kappa shape index (κ3) is 1.63. The van der Waals surface area contributed by atoms with Gasteiger partial charge in [0, 0.05) is 38.7 Å². The topological polar surface area (TPSA) is 38.5 Å². The van der Waals surface area contributed by atoms with E-state index in [9.17, 15) is 0 Å². The second-order valence-corrected chi connectivity index (χ2v) is 3.84. The average molecular weight is 170 g/mol. The van der Waals surface area contributed by atoms with E-state index in [1.54, 1.807) is 0 Å². The third-order valence-corrected chi connectivity index (χ3v) is 3.01. The monoisotopic (exact) mass is 170 g/mol. The Hall–Kier alpha value is -0.120. The zero-order valence-corrected chi connectivity index (χ0v) is 7.54. The van der Waals surface area contributed by atoms with Gasteiger partial charge in [-0.25, -0.2) is 0 Å². The van der Waals surface area contributed by atoms with Crippen LogP contribution in [0.15, 0.2) is 0 Å². The van der Waals surface area contributed by atoms with Crippen molar-refractivity contribution in [3.8, 4) is 0 Å². The largest absolute Gasteiger partial charge is 0.378 e. The minimum atomic E-state index is 0.569. The van der Waals surface area contributed by atoms with E-state index in [1.807, 2.05) is 0 Å². The van der Waals surface area contributed by atoms with E-state index >= 15 is 0 Å². The van der Waals surface area contributed by atoms with E-state index in [4.69, 9.17) is 10.5 Å². The lowest BCUT2D eigenvalue weighted by Gasteiger charge is -2.33. The van der Waals surface area contributed by atoms with Crippen LogP contribution in [0.1, 0.15) is 12.8 Å². The van der Waals surface area contributed by atoms with Crippen molar-refractivity contribution < 1.29 is 4.74 Å². The number of nitrogens with two attached hydrogens (primary N) is 1. The van der Waals surface area contributed by atoms with Crippen LogP contribution in [0.25, 0.3) is 0 Å². The molecule has 0 aromatic carbocycles. The third-order valence-electron chi connectivity index (χ3n) is 3.01. The van der Waals surface area contributed by atoms with Gasteiger partial charge in [-0.2, -0.15) is 0 Å². The predicted molar refractivity (Wildman–Crippen MR) is 48.0 cm³/mol. The first-order valence-electron chi connectivity index (χ1n) is 4.94. The highest BCUT2D eigenvalue weighted by molar-refractivity contribution is 4.84. The molecule has 0 unspecified atom stereocenters. The number of piperidine rings is 1. The van der Waals surface area contributed by atoms with E-state index in [-0.39, 0.29) is 0 Å². The number of ether oxygens (including phenoxy) is 1. The summed E-state index contributed by atoms with van der Waals surface area (Å²) in [5.41, 5.74) is 5.52. The lowest BCUT2D eigenvalue weighted by molar-refractivity contribution is 0.0362.